The number of rotatable bonds is 6. The molecule has 0 aliphatic heterocycles. The second-order valence-electron chi connectivity index (χ2n) is 6.49. The van der Waals surface area contributed by atoms with E-state index in [4.69, 9.17) is 0 Å². The Morgan fingerprint density at radius 3 is 2.52 bits per heavy atom. The van der Waals surface area contributed by atoms with E-state index in [1.165, 1.54) is 11.8 Å². The lowest BCUT2D eigenvalue weighted by Gasteiger charge is -2.11. The number of phenols is 1. The first-order chi connectivity index (χ1) is 15.0. The third kappa shape index (κ3) is 5.17. The van der Waals surface area contributed by atoms with Crippen LogP contribution in [-0.2, 0) is 4.79 Å². The van der Waals surface area contributed by atoms with Crippen molar-refractivity contribution in [2.75, 3.05) is 11.1 Å². The topological polar surface area (TPSA) is 80.0 Å². The zero-order valence-electron chi connectivity index (χ0n) is 16.0. The molecule has 3 aromatic carbocycles. The summed E-state index contributed by atoms with van der Waals surface area (Å²) >= 11 is 8.11. The lowest BCUT2D eigenvalue weighted by molar-refractivity contribution is -0.113. The van der Waals surface area contributed by atoms with Gasteiger partial charge in [0.15, 0.2) is 11.0 Å². The van der Waals surface area contributed by atoms with Gasteiger partial charge in [0, 0.05) is 20.3 Å². The number of nitrogens with one attached hydrogen (secondary N) is 1. The minimum absolute atomic E-state index is 0.0942. The van der Waals surface area contributed by atoms with E-state index >= 15 is 0 Å². The highest BCUT2D eigenvalue weighted by Gasteiger charge is 2.19. The predicted octanol–water partition coefficient (Wildman–Crippen LogP) is 5.90. The van der Waals surface area contributed by atoms with E-state index in [1.807, 2.05) is 59.2 Å². The van der Waals surface area contributed by atoms with Crippen molar-refractivity contribution in [2.45, 2.75) is 5.16 Å². The van der Waals surface area contributed by atoms with Crippen molar-refractivity contribution in [1.29, 1.82) is 0 Å². The molecule has 0 saturated heterocycles. The van der Waals surface area contributed by atoms with Gasteiger partial charge < -0.3 is 10.4 Å². The van der Waals surface area contributed by atoms with Crippen LogP contribution < -0.4 is 5.32 Å². The van der Waals surface area contributed by atoms with Crippen LogP contribution in [0.4, 0.5) is 5.69 Å². The first kappa shape index (κ1) is 21.6. The summed E-state index contributed by atoms with van der Waals surface area (Å²) in [6, 6.07) is 22.1. The number of thioether (sulfide) groups is 1. The molecule has 0 aliphatic rings. The molecule has 0 aliphatic carbocycles. The van der Waals surface area contributed by atoms with Crippen LogP contribution >= 0.6 is 43.6 Å². The number of hydrogen-bond donors (Lipinski definition) is 2. The molecule has 0 radical (unpaired) electrons. The molecular weight excluding hydrogens is 544 g/mol. The van der Waals surface area contributed by atoms with Gasteiger partial charge in [0.1, 0.15) is 5.75 Å². The minimum Gasteiger partial charge on any atom is -0.507 e. The fourth-order valence-corrected chi connectivity index (χ4v) is 4.44. The first-order valence-corrected chi connectivity index (χ1v) is 11.8. The molecular formula is C22H16Br2N4O2S. The Hall–Kier alpha value is -2.62. The van der Waals surface area contributed by atoms with E-state index in [1.54, 1.807) is 18.2 Å². The van der Waals surface area contributed by atoms with E-state index in [2.05, 4.69) is 47.4 Å². The van der Waals surface area contributed by atoms with Gasteiger partial charge in [-0.1, -0.05) is 67.9 Å². The SMILES string of the molecule is O=C(CSc1nnc(-c2cc(Br)ccc2O)n1-c1ccccc1)Nc1cccc(Br)c1. The van der Waals surface area contributed by atoms with E-state index in [9.17, 15) is 9.90 Å². The third-order valence-electron chi connectivity index (χ3n) is 4.29. The Labute approximate surface area is 200 Å². The molecule has 0 unspecified atom stereocenters. The number of nitrogens with zero attached hydrogens (tertiary/aromatic N) is 3. The van der Waals surface area contributed by atoms with Crippen LogP contribution in [0.15, 0.2) is 86.9 Å². The zero-order chi connectivity index (χ0) is 21.8. The lowest BCUT2D eigenvalue weighted by Crippen LogP contribution is -2.14. The summed E-state index contributed by atoms with van der Waals surface area (Å²) < 4.78 is 3.53. The van der Waals surface area contributed by atoms with E-state index < -0.39 is 0 Å². The molecule has 4 rings (SSSR count). The summed E-state index contributed by atoms with van der Waals surface area (Å²) in [5.74, 6) is 0.580. The van der Waals surface area contributed by atoms with Crippen LogP contribution in [0, 0.1) is 0 Å². The van der Waals surface area contributed by atoms with Crippen LogP contribution in [0.3, 0.4) is 0 Å². The third-order valence-corrected chi connectivity index (χ3v) is 6.20. The molecule has 0 spiro atoms. The molecule has 1 amide bonds. The number of hydrogen-bond acceptors (Lipinski definition) is 5. The number of aromatic hydroxyl groups is 1. The number of para-hydroxylation sites is 1. The summed E-state index contributed by atoms with van der Waals surface area (Å²) in [5, 5.41) is 22.4. The number of carbonyl (C=O) groups excluding carboxylic acids is 1. The summed E-state index contributed by atoms with van der Waals surface area (Å²) in [7, 11) is 0. The molecule has 31 heavy (non-hydrogen) atoms. The lowest BCUT2D eigenvalue weighted by atomic mass is 10.2. The molecule has 0 fully saturated rings. The van der Waals surface area contributed by atoms with Crippen molar-refractivity contribution in [3.05, 3.63) is 81.7 Å². The van der Waals surface area contributed by atoms with Crippen LogP contribution in [0.2, 0.25) is 0 Å². The van der Waals surface area contributed by atoms with Gasteiger partial charge in [-0.25, -0.2) is 0 Å². The Morgan fingerprint density at radius 1 is 0.968 bits per heavy atom. The summed E-state index contributed by atoms with van der Waals surface area (Å²) in [5.41, 5.74) is 2.08. The molecule has 9 heteroatoms. The van der Waals surface area contributed by atoms with Crippen molar-refractivity contribution >= 4 is 55.2 Å². The maximum atomic E-state index is 12.5. The molecule has 1 aromatic heterocycles. The van der Waals surface area contributed by atoms with Gasteiger partial charge >= 0.3 is 0 Å². The average Bonchev–Trinajstić information content (AvgIpc) is 3.18. The number of benzene rings is 3. The number of phenolic OH excluding ortho intramolecular Hbond substituents is 1. The van der Waals surface area contributed by atoms with Crippen molar-refractivity contribution < 1.29 is 9.90 Å². The number of anilines is 1. The molecule has 4 aromatic rings. The predicted molar refractivity (Wildman–Crippen MR) is 130 cm³/mol. The normalized spacial score (nSPS) is 10.8. The molecule has 1 heterocycles. The maximum absolute atomic E-state index is 12.5. The fourth-order valence-electron chi connectivity index (χ4n) is 2.93. The monoisotopic (exact) mass is 558 g/mol. The molecule has 0 bridgehead atoms. The molecule has 6 nitrogen and oxygen atoms in total. The highest BCUT2D eigenvalue weighted by Crippen LogP contribution is 2.34. The van der Waals surface area contributed by atoms with Crippen LogP contribution in [-0.4, -0.2) is 31.5 Å². The number of carbonyl (C=O) groups is 1. The Kier molecular flexibility index (Phi) is 6.74. The molecule has 0 saturated carbocycles. The fraction of sp³-hybridized carbons (Fsp3) is 0.0455. The second-order valence-corrected chi connectivity index (χ2v) is 9.26. The van der Waals surface area contributed by atoms with E-state index in [0.29, 0.717) is 22.2 Å². The Balaban J connectivity index is 1.63. The van der Waals surface area contributed by atoms with Gasteiger partial charge in [0.2, 0.25) is 5.91 Å². The quantitative estimate of drug-likeness (QED) is 0.288. The van der Waals surface area contributed by atoms with Gasteiger partial charge in [0.05, 0.1) is 11.3 Å². The van der Waals surface area contributed by atoms with Crippen molar-refractivity contribution in [3.63, 3.8) is 0 Å². The average molecular weight is 560 g/mol. The second kappa shape index (κ2) is 9.67. The van der Waals surface area contributed by atoms with Crippen LogP contribution in [0.1, 0.15) is 0 Å². The molecule has 2 N–H and O–H groups in total. The highest BCUT2D eigenvalue weighted by atomic mass is 79.9. The number of halogens is 2. The van der Waals surface area contributed by atoms with E-state index in [-0.39, 0.29) is 17.4 Å². The number of amides is 1. The van der Waals surface area contributed by atoms with Gasteiger partial charge in [-0.15, -0.1) is 10.2 Å². The zero-order valence-corrected chi connectivity index (χ0v) is 20.0. The van der Waals surface area contributed by atoms with Gasteiger partial charge in [-0.3, -0.25) is 9.36 Å². The first-order valence-electron chi connectivity index (χ1n) is 9.19. The smallest absolute Gasteiger partial charge is 0.234 e. The van der Waals surface area contributed by atoms with Crippen LogP contribution in [0.5, 0.6) is 5.75 Å². The molecule has 0 atom stereocenters. The number of aromatic nitrogens is 3. The summed E-state index contributed by atoms with van der Waals surface area (Å²) in [6.45, 7) is 0. The van der Waals surface area contributed by atoms with Crippen LogP contribution in [0.25, 0.3) is 17.1 Å². The summed E-state index contributed by atoms with van der Waals surface area (Å²) in [6.07, 6.45) is 0. The van der Waals surface area contributed by atoms with E-state index in [0.717, 1.165) is 14.6 Å². The van der Waals surface area contributed by atoms with Gasteiger partial charge in [0.25, 0.3) is 0 Å². The minimum atomic E-state index is -0.155. The van der Waals surface area contributed by atoms with Crippen molar-refractivity contribution in [3.8, 4) is 22.8 Å². The molecule has 156 valence electrons. The Morgan fingerprint density at radius 2 is 1.74 bits per heavy atom. The van der Waals surface area contributed by atoms with Crippen molar-refractivity contribution in [1.82, 2.24) is 14.8 Å². The highest BCUT2D eigenvalue weighted by molar-refractivity contribution is 9.10. The van der Waals surface area contributed by atoms with Gasteiger partial charge in [-0.2, -0.15) is 0 Å². The largest absolute Gasteiger partial charge is 0.507 e. The summed E-state index contributed by atoms with van der Waals surface area (Å²) in [4.78, 5) is 12.5. The maximum Gasteiger partial charge on any atom is 0.234 e. The standard InChI is InChI=1S/C22H16Br2N4O2S/c23-14-5-4-6-16(11-14)25-20(30)13-31-22-27-26-21(18-12-15(24)9-10-19(18)29)28(22)17-7-2-1-3-8-17/h1-12,29H,13H2,(H,25,30). The Bertz CT molecular complexity index is 1230. The van der Waals surface area contributed by atoms with Crippen molar-refractivity contribution in [2.24, 2.45) is 0 Å². The van der Waals surface area contributed by atoms with Gasteiger partial charge in [-0.05, 0) is 48.5 Å².